The van der Waals surface area contributed by atoms with E-state index in [0.717, 1.165) is 12.1 Å². The summed E-state index contributed by atoms with van der Waals surface area (Å²) in [6.07, 6.45) is -4.96. The fraction of sp³-hybridized carbons (Fsp3) is 0.263. The lowest BCUT2D eigenvalue weighted by Crippen LogP contribution is -2.23. The summed E-state index contributed by atoms with van der Waals surface area (Å²) < 4.78 is 46.1. The molecule has 0 aliphatic rings. The molecule has 32 heavy (non-hydrogen) atoms. The summed E-state index contributed by atoms with van der Waals surface area (Å²) in [7, 11) is 1.65. The SMILES string of the molecule is Cc1cc(C(=O)OCC(=O)Nc2ccc([N+](=O)[O-])cc2C(F)(F)F)c2c(C)nn(C)c2n1. The molecule has 10 nitrogen and oxygen atoms in total. The summed E-state index contributed by atoms with van der Waals surface area (Å²) in [5.41, 5.74) is -1.34. The van der Waals surface area contributed by atoms with Crippen LogP contribution in [0.4, 0.5) is 24.5 Å². The van der Waals surface area contributed by atoms with Gasteiger partial charge in [0.15, 0.2) is 12.3 Å². The molecule has 168 valence electrons. The number of hydrogen-bond acceptors (Lipinski definition) is 7. The second-order valence-electron chi connectivity index (χ2n) is 6.83. The zero-order valence-corrected chi connectivity index (χ0v) is 17.0. The van der Waals surface area contributed by atoms with Crippen LogP contribution in [0, 0.1) is 24.0 Å². The fourth-order valence-corrected chi connectivity index (χ4v) is 3.12. The van der Waals surface area contributed by atoms with Crippen molar-refractivity contribution in [2.24, 2.45) is 7.05 Å². The number of aromatic nitrogens is 3. The molecule has 3 aromatic rings. The molecule has 13 heteroatoms. The smallest absolute Gasteiger partial charge is 0.418 e. The first kappa shape index (κ1) is 22.7. The molecule has 0 saturated heterocycles. The number of carbonyl (C=O) groups is 2. The van der Waals surface area contributed by atoms with Gasteiger partial charge in [0.2, 0.25) is 0 Å². The Kier molecular flexibility index (Phi) is 5.84. The fourth-order valence-electron chi connectivity index (χ4n) is 3.12. The number of nitrogens with zero attached hydrogens (tertiary/aromatic N) is 4. The van der Waals surface area contributed by atoms with E-state index in [9.17, 15) is 32.9 Å². The van der Waals surface area contributed by atoms with Crippen molar-refractivity contribution >= 4 is 34.3 Å². The number of benzene rings is 1. The van der Waals surface area contributed by atoms with Crippen molar-refractivity contribution in [1.29, 1.82) is 0 Å². The number of esters is 1. The van der Waals surface area contributed by atoms with Crippen molar-refractivity contribution in [2.45, 2.75) is 20.0 Å². The molecule has 0 spiro atoms. The first-order valence-corrected chi connectivity index (χ1v) is 9.02. The minimum absolute atomic E-state index is 0.109. The van der Waals surface area contributed by atoms with Crippen molar-refractivity contribution in [1.82, 2.24) is 14.8 Å². The van der Waals surface area contributed by atoms with Crippen LogP contribution in [0.5, 0.6) is 0 Å². The average Bonchev–Trinajstić information content (AvgIpc) is 2.98. The van der Waals surface area contributed by atoms with Crippen molar-refractivity contribution in [3.8, 4) is 0 Å². The van der Waals surface area contributed by atoms with E-state index in [1.807, 2.05) is 5.32 Å². The molecule has 0 fully saturated rings. The second kappa shape index (κ2) is 8.24. The van der Waals surface area contributed by atoms with E-state index in [1.165, 1.54) is 10.7 Å². The number of hydrogen-bond donors (Lipinski definition) is 1. The molecular formula is C19H16F3N5O5. The number of anilines is 1. The Balaban J connectivity index is 1.78. The van der Waals surface area contributed by atoms with E-state index in [0.29, 0.717) is 28.5 Å². The third-order valence-electron chi connectivity index (χ3n) is 4.44. The Morgan fingerprint density at radius 1 is 1.25 bits per heavy atom. The minimum Gasteiger partial charge on any atom is -0.452 e. The zero-order chi connectivity index (χ0) is 23.8. The van der Waals surface area contributed by atoms with E-state index in [4.69, 9.17) is 4.74 Å². The zero-order valence-electron chi connectivity index (χ0n) is 17.0. The number of fused-ring (bicyclic) bond motifs is 1. The van der Waals surface area contributed by atoms with E-state index in [-0.39, 0.29) is 5.56 Å². The molecule has 0 saturated carbocycles. The number of pyridine rings is 1. The minimum atomic E-state index is -4.96. The van der Waals surface area contributed by atoms with Crippen LogP contribution in [0.2, 0.25) is 0 Å². The van der Waals surface area contributed by atoms with Gasteiger partial charge in [0.05, 0.1) is 32.8 Å². The molecule has 0 bridgehead atoms. The highest BCUT2D eigenvalue weighted by molar-refractivity contribution is 6.05. The molecule has 0 unspecified atom stereocenters. The van der Waals surface area contributed by atoms with Gasteiger partial charge in [-0.3, -0.25) is 19.6 Å². The van der Waals surface area contributed by atoms with Gasteiger partial charge in [0, 0.05) is 24.9 Å². The maximum Gasteiger partial charge on any atom is 0.418 e. The van der Waals surface area contributed by atoms with Gasteiger partial charge in [0.25, 0.3) is 11.6 Å². The Labute approximate surface area is 178 Å². The summed E-state index contributed by atoms with van der Waals surface area (Å²) in [5, 5.41) is 17.3. The first-order chi connectivity index (χ1) is 14.9. The Bertz CT molecular complexity index is 1250. The number of nitro benzene ring substituents is 1. The number of non-ortho nitro benzene ring substituents is 1. The highest BCUT2D eigenvalue weighted by Crippen LogP contribution is 2.37. The number of rotatable bonds is 5. The third kappa shape index (κ3) is 4.50. The van der Waals surface area contributed by atoms with Gasteiger partial charge in [-0.2, -0.15) is 18.3 Å². The summed E-state index contributed by atoms with van der Waals surface area (Å²) in [6.45, 7) is 2.43. The van der Waals surface area contributed by atoms with E-state index < -0.39 is 46.5 Å². The first-order valence-electron chi connectivity index (χ1n) is 9.02. The Morgan fingerprint density at radius 3 is 2.56 bits per heavy atom. The number of carbonyl (C=O) groups excluding carboxylic acids is 2. The summed E-state index contributed by atoms with van der Waals surface area (Å²) >= 11 is 0. The van der Waals surface area contributed by atoms with Gasteiger partial charge in [-0.1, -0.05) is 0 Å². The molecule has 0 radical (unpaired) electrons. The van der Waals surface area contributed by atoms with Crippen LogP contribution < -0.4 is 5.32 Å². The number of nitrogens with one attached hydrogen (secondary N) is 1. The van der Waals surface area contributed by atoms with Crippen LogP contribution in [-0.4, -0.2) is 38.2 Å². The molecule has 1 N–H and O–H groups in total. The normalized spacial score (nSPS) is 11.4. The highest BCUT2D eigenvalue weighted by atomic mass is 19.4. The maximum absolute atomic E-state index is 13.2. The largest absolute Gasteiger partial charge is 0.452 e. The average molecular weight is 451 g/mol. The molecule has 3 rings (SSSR count). The van der Waals surface area contributed by atoms with Crippen LogP contribution >= 0.6 is 0 Å². The molecule has 0 atom stereocenters. The van der Waals surface area contributed by atoms with Crippen molar-refractivity contribution in [3.05, 3.63) is 56.9 Å². The molecule has 1 aromatic carbocycles. The van der Waals surface area contributed by atoms with Gasteiger partial charge >= 0.3 is 12.1 Å². The Hall–Kier alpha value is -4.03. The van der Waals surface area contributed by atoms with Crippen molar-refractivity contribution in [2.75, 3.05) is 11.9 Å². The summed E-state index contributed by atoms with van der Waals surface area (Å²) in [4.78, 5) is 38.7. The molecule has 2 heterocycles. The molecule has 0 aliphatic heterocycles. The van der Waals surface area contributed by atoms with E-state index in [2.05, 4.69) is 10.1 Å². The molecular weight excluding hydrogens is 435 g/mol. The van der Waals surface area contributed by atoms with Crippen LogP contribution in [0.15, 0.2) is 24.3 Å². The third-order valence-corrected chi connectivity index (χ3v) is 4.44. The predicted molar refractivity (Wildman–Crippen MR) is 105 cm³/mol. The number of amides is 1. The van der Waals surface area contributed by atoms with Gasteiger partial charge in [-0.25, -0.2) is 9.78 Å². The van der Waals surface area contributed by atoms with Gasteiger partial charge in [-0.05, 0) is 26.0 Å². The number of alkyl halides is 3. The van der Waals surface area contributed by atoms with Crippen LogP contribution in [0.1, 0.15) is 27.3 Å². The number of halogens is 3. The van der Waals surface area contributed by atoms with Gasteiger partial charge in [0.1, 0.15) is 0 Å². The number of aryl methyl sites for hydroxylation is 3. The maximum atomic E-state index is 13.2. The van der Waals surface area contributed by atoms with Gasteiger partial charge < -0.3 is 10.1 Å². The lowest BCUT2D eigenvalue weighted by Gasteiger charge is -2.14. The van der Waals surface area contributed by atoms with Crippen LogP contribution in [-0.2, 0) is 22.8 Å². The topological polar surface area (TPSA) is 129 Å². The molecule has 0 aliphatic carbocycles. The van der Waals surface area contributed by atoms with E-state index >= 15 is 0 Å². The second-order valence-corrected chi connectivity index (χ2v) is 6.83. The Morgan fingerprint density at radius 2 is 1.94 bits per heavy atom. The monoisotopic (exact) mass is 451 g/mol. The lowest BCUT2D eigenvalue weighted by molar-refractivity contribution is -0.385. The summed E-state index contributed by atoms with van der Waals surface area (Å²) in [5.74, 6) is -1.94. The molecule has 1 amide bonds. The van der Waals surface area contributed by atoms with E-state index in [1.54, 1.807) is 20.9 Å². The van der Waals surface area contributed by atoms with Gasteiger partial charge in [-0.15, -0.1) is 0 Å². The molecule has 2 aromatic heterocycles. The highest BCUT2D eigenvalue weighted by Gasteiger charge is 2.35. The van der Waals surface area contributed by atoms with Crippen LogP contribution in [0.25, 0.3) is 11.0 Å². The number of ether oxygens (including phenoxy) is 1. The predicted octanol–water partition coefficient (Wildman–Crippen LogP) is 3.31. The standard InChI is InChI=1S/C19H16F3N5O5/c1-9-6-12(16-10(2)25-26(3)17(16)23-9)18(29)32-8-15(28)24-14-5-4-11(27(30)31)7-13(14)19(20,21)22/h4-7H,8H2,1-3H3,(H,24,28). The lowest BCUT2D eigenvalue weighted by atomic mass is 10.1. The quantitative estimate of drug-likeness (QED) is 0.358. The van der Waals surface area contributed by atoms with Crippen molar-refractivity contribution in [3.63, 3.8) is 0 Å². The summed E-state index contributed by atoms with van der Waals surface area (Å²) in [6, 6.07) is 3.34. The van der Waals surface area contributed by atoms with Crippen molar-refractivity contribution < 1.29 is 32.4 Å². The van der Waals surface area contributed by atoms with Crippen LogP contribution in [0.3, 0.4) is 0 Å². The number of nitro groups is 1.